The first-order valence-electron chi connectivity index (χ1n) is 10.1. The standard InChI is InChI=1S/C23H25N3O5S/c1-4-29-17-9-11-18(12-10-17)30-16(3)22(27)24-25-23(28)20-7-5-6-8-21(20)32-14-19-13-15(2)26-31-19/h5-13,16H,4,14H2,1-3H3,(H,24,27)(H,25,28). The molecule has 0 radical (unpaired) electrons. The second kappa shape index (κ2) is 11.2. The number of nitrogens with one attached hydrogen (secondary N) is 2. The van der Waals surface area contributed by atoms with Crippen LogP contribution in [0, 0.1) is 6.92 Å². The van der Waals surface area contributed by atoms with Gasteiger partial charge in [0.2, 0.25) is 0 Å². The zero-order valence-electron chi connectivity index (χ0n) is 18.1. The summed E-state index contributed by atoms with van der Waals surface area (Å²) in [5.41, 5.74) is 6.10. The van der Waals surface area contributed by atoms with Gasteiger partial charge in [0.05, 0.1) is 23.6 Å². The third kappa shape index (κ3) is 6.52. The molecule has 2 amide bonds. The van der Waals surface area contributed by atoms with Gasteiger partial charge in [-0.15, -0.1) is 11.8 Å². The van der Waals surface area contributed by atoms with Gasteiger partial charge in [-0.05, 0) is 57.2 Å². The van der Waals surface area contributed by atoms with Crippen molar-refractivity contribution < 1.29 is 23.6 Å². The van der Waals surface area contributed by atoms with E-state index in [1.54, 1.807) is 43.3 Å². The summed E-state index contributed by atoms with van der Waals surface area (Å²) in [6, 6.07) is 15.9. The van der Waals surface area contributed by atoms with E-state index >= 15 is 0 Å². The van der Waals surface area contributed by atoms with Gasteiger partial charge in [0, 0.05) is 11.0 Å². The van der Waals surface area contributed by atoms with Crippen LogP contribution in [0.3, 0.4) is 0 Å². The van der Waals surface area contributed by atoms with Gasteiger partial charge in [0.25, 0.3) is 11.8 Å². The third-order valence-electron chi connectivity index (χ3n) is 4.29. The Bertz CT molecular complexity index is 1050. The van der Waals surface area contributed by atoms with E-state index in [0.717, 1.165) is 22.1 Å². The second-order valence-electron chi connectivity index (χ2n) is 6.83. The molecule has 0 aliphatic rings. The van der Waals surface area contributed by atoms with Crippen LogP contribution in [-0.2, 0) is 10.5 Å². The van der Waals surface area contributed by atoms with Crippen LogP contribution in [0.2, 0.25) is 0 Å². The van der Waals surface area contributed by atoms with Crippen molar-refractivity contribution in [2.24, 2.45) is 0 Å². The summed E-state index contributed by atoms with van der Waals surface area (Å²) in [4.78, 5) is 25.7. The maximum absolute atomic E-state index is 12.6. The van der Waals surface area contributed by atoms with Gasteiger partial charge in [-0.2, -0.15) is 0 Å². The highest BCUT2D eigenvalue weighted by Crippen LogP contribution is 2.26. The van der Waals surface area contributed by atoms with E-state index < -0.39 is 17.9 Å². The molecule has 32 heavy (non-hydrogen) atoms. The topological polar surface area (TPSA) is 103 Å². The lowest BCUT2D eigenvalue weighted by molar-refractivity contribution is -0.128. The Hall–Kier alpha value is -3.46. The molecule has 0 aliphatic carbocycles. The molecule has 1 atom stereocenters. The molecular weight excluding hydrogens is 430 g/mol. The fraction of sp³-hybridized carbons (Fsp3) is 0.261. The van der Waals surface area contributed by atoms with E-state index in [0.29, 0.717) is 23.7 Å². The minimum atomic E-state index is -0.812. The van der Waals surface area contributed by atoms with Crippen molar-refractivity contribution >= 4 is 23.6 Å². The Kier molecular flexibility index (Phi) is 8.15. The number of hydrazine groups is 1. The van der Waals surface area contributed by atoms with Gasteiger partial charge in [-0.1, -0.05) is 17.3 Å². The highest BCUT2D eigenvalue weighted by atomic mass is 32.2. The number of aryl methyl sites for hydroxylation is 1. The second-order valence-corrected chi connectivity index (χ2v) is 7.84. The molecule has 1 aromatic heterocycles. The number of carbonyl (C=O) groups excluding carboxylic acids is 2. The highest BCUT2D eigenvalue weighted by Gasteiger charge is 2.17. The molecule has 1 unspecified atom stereocenters. The molecule has 0 aliphatic heterocycles. The van der Waals surface area contributed by atoms with E-state index in [-0.39, 0.29) is 0 Å². The molecule has 0 fully saturated rings. The van der Waals surface area contributed by atoms with Crippen molar-refractivity contribution in [3.05, 3.63) is 71.6 Å². The summed E-state index contributed by atoms with van der Waals surface area (Å²) in [6.07, 6.45) is -0.812. The maximum atomic E-state index is 12.6. The Labute approximate surface area is 190 Å². The summed E-state index contributed by atoms with van der Waals surface area (Å²) in [6.45, 7) is 5.92. The van der Waals surface area contributed by atoms with Crippen LogP contribution in [0.25, 0.3) is 0 Å². The summed E-state index contributed by atoms with van der Waals surface area (Å²) in [5.74, 6) is 1.59. The van der Waals surface area contributed by atoms with Crippen molar-refractivity contribution in [1.29, 1.82) is 0 Å². The highest BCUT2D eigenvalue weighted by molar-refractivity contribution is 7.98. The molecule has 2 N–H and O–H groups in total. The number of amides is 2. The fourth-order valence-corrected chi connectivity index (χ4v) is 3.66. The van der Waals surface area contributed by atoms with Gasteiger partial charge in [0.15, 0.2) is 6.10 Å². The zero-order valence-corrected chi connectivity index (χ0v) is 18.9. The SMILES string of the molecule is CCOc1ccc(OC(C)C(=O)NNC(=O)c2ccccc2SCc2cc(C)no2)cc1. The molecule has 3 aromatic rings. The van der Waals surface area contributed by atoms with Crippen LogP contribution >= 0.6 is 11.8 Å². The molecule has 168 valence electrons. The summed E-state index contributed by atoms with van der Waals surface area (Å²) < 4.78 is 16.2. The lowest BCUT2D eigenvalue weighted by Gasteiger charge is -2.16. The number of hydrogen-bond acceptors (Lipinski definition) is 7. The van der Waals surface area contributed by atoms with Gasteiger partial charge in [-0.25, -0.2) is 0 Å². The van der Waals surface area contributed by atoms with Crippen molar-refractivity contribution in [1.82, 2.24) is 16.0 Å². The number of carbonyl (C=O) groups is 2. The van der Waals surface area contributed by atoms with E-state index in [1.807, 2.05) is 32.0 Å². The zero-order chi connectivity index (χ0) is 22.9. The quantitative estimate of drug-likeness (QED) is 0.373. The van der Waals surface area contributed by atoms with Gasteiger partial charge < -0.3 is 14.0 Å². The third-order valence-corrected chi connectivity index (χ3v) is 5.39. The number of aromatic nitrogens is 1. The van der Waals surface area contributed by atoms with Crippen LogP contribution in [0.15, 0.2) is 64.0 Å². The monoisotopic (exact) mass is 455 g/mol. The van der Waals surface area contributed by atoms with Crippen molar-refractivity contribution in [3.63, 3.8) is 0 Å². The molecule has 0 saturated carbocycles. The summed E-state index contributed by atoms with van der Waals surface area (Å²) in [7, 11) is 0. The van der Waals surface area contributed by atoms with Gasteiger partial charge in [0.1, 0.15) is 17.3 Å². The molecule has 8 nitrogen and oxygen atoms in total. The van der Waals surface area contributed by atoms with E-state index in [4.69, 9.17) is 14.0 Å². The Balaban J connectivity index is 1.52. The van der Waals surface area contributed by atoms with Gasteiger partial charge in [-0.3, -0.25) is 20.4 Å². The minimum absolute atomic E-state index is 0.427. The average Bonchev–Trinajstić information content (AvgIpc) is 3.22. The lowest BCUT2D eigenvalue weighted by Crippen LogP contribution is -2.47. The first-order valence-corrected chi connectivity index (χ1v) is 11.1. The molecular formula is C23H25N3O5S. The predicted molar refractivity (Wildman–Crippen MR) is 121 cm³/mol. The van der Waals surface area contributed by atoms with Crippen LogP contribution in [0.4, 0.5) is 0 Å². The Morgan fingerprint density at radius 1 is 1.09 bits per heavy atom. The van der Waals surface area contributed by atoms with E-state index in [2.05, 4.69) is 16.0 Å². The predicted octanol–water partition coefficient (Wildman–Crippen LogP) is 3.90. The molecule has 2 aromatic carbocycles. The number of hydrogen-bond donors (Lipinski definition) is 2. The Morgan fingerprint density at radius 2 is 1.81 bits per heavy atom. The average molecular weight is 456 g/mol. The number of ether oxygens (including phenoxy) is 2. The van der Waals surface area contributed by atoms with E-state index in [9.17, 15) is 9.59 Å². The Morgan fingerprint density at radius 3 is 2.50 bits per heavy atom. The molecule has 0 saturated heterocycles. The number of thioether (sulfide) groups is 1. The minimum Gasteiger partial charge on any atom is -0.494 e. The molecule has 3 rings (SSSR count). The van der Waals surface area contributed by atoms with Crippen molar-refractivity contribution in [2.75, 3.05) is 6.61 Å². The normalized spacial score (nSPS) is 11.5. The molecule has 1 heterocycles. The molecule has 0 spiro atoms. The lowest BCUT2D eigenvalue weighted by atomic mass is 10.2. The fourth-order valence-electron chi connectivity index (χ4n) is 2.74. The van der Waals surface area contributed by atoms with Crippen LogP contribution in [0.1, 0.15) is 35.7 Å². The van der Waals surface area contributed by atoms with Crippen LogP contribution in [0.5, 0.6) is 11.5 Å². The summed E-state index contributed by atoms with van der Waals surface area (Å²) in [5, 5.41) is 3.86. The first kappa shape index (κ1) is 23.2. The van der Waals surface area contributed by atoms with Crippen LogP contribution in [-0.4, -0.2) is 29.7 Å². The molecule has 0 bridgehead atoms. The number of rotatable bonds is 9. The van der Waals surface area contributed by atoms with E-state index in [1.165, 1.54) is 11.8 Å². The maximum Gasteiger partial charge on any atom is 0.279 e. The number of benzene rings is 2. The number of nitrogens with zero attached hydrogens (tertiary/aromatic N) is 1. The van der Waals surface area contributed by atoms with Gasteiger partial charge >= 0.3 is 0 Å². The molecule has 9 heteroatoms. The smallest absolute Gasteiger partial charge is 0.279 e. The van der Waals surface area contributed by atoms with Crippen LogP contribution < -0.4 is 20.3 Å². The van der Waals surface area contributed by atoms with Crippen molar-refractivity contribution in [3.8, 4) is 11.5 Å². The summed E-state index contributed by atoms with van der Waals surface area (Å²) >= 11 is 1.45. The van der Waals surface area contributed by atoms with Crippen molar-refractivity contribution in [2.45, 2.75) is 37.5 Å². The first-order chi connectivity index (χ1) is 15.5. The largest absolute Gasteiger partial charge is 0.494 e.